The molecular formula is C37H39N5O6S. The van der Waals surface area contributed by atoms with Crippen LogP contribution in [-0.4, -0.2) is 66.4 Å². The second-order valence-electron chi connectivity index (χ2n) is 13.4. The van der Waals surface area contributed by atoms with E-state index in [1.54, 1.807) is 23.1 Å². The Balaban J connectivity index is 1.21. The zero-order chi connectivity index (χ0) is 34.3. The molecular weight excluding hydrogens is 643 g/mol. The molecule has 12 heteroatoms. The molecule has 3 aliphatic rings. The molecule has 0 radical (unpaired) electrons. The SMILES string of the molecule is Cc1cccc(C)c1-c1cc2nc(n1)NS(=O)(=O)c1cccc(c1)C(=O)NCC1(CCN(C(=O)c3cc4c(cc3O)CCCC4)CC1)CO2. The molecule has 3 heterocycles. The third-order valence-corrected chi connectivity index (χ3v) is 11.3. The molecule has 7 rings (SSSR count). The van der Waals surface area contributed by atoms with E-state index >= 15 is 0 Å². The van der Waals surface area contributed by atoms with Gasteiger partial charge < -0.3 is 20.1 Å². The standard InChI is InChI=1S/C37H39N5O6S/c1-23-7-5-8-24(2)33(23)30-20-32-40-36(39-30)41-49(46,47)28-12-6-11-27(17-28)34(44)38-21-37(22-48-32)13-15-42(16-14-37)35(45)29-18-25-9-3-4-10-26(25)19-31(29)43/h5-8,11-12,17-20,43H,3-4,9-10,13-16,21-22H2,1-2H3,(H,38,44)(H,39,40,41). The van der Waals surface area contributed by atoms with E-state index < -0.39 is 21.3 Å². The average molecular weight is 682 g/mol. The third kappa shape index (κ3) is 6.57. The van der Waals surface area contributed by atoms with Crippen molar-refractivity contribution < 1.29 is 27.9 Å². The number of benzene rings is 3. The van der Waals surface area contributed by atoms with Gasteiger partial charge in [-0.1, -0.05) is 24.3 Å². The van der Waals surface area contributed by atoms with Crippen molar-refractivity contribution >= 4 is 27.8 Å². The molecule has 3 N–H and O–H groups in total. The van der Waals surface area contributed by atoms with E-state index in [9.17, 15) is 23.1 Å². The molecule has 4 aromatic rings. The Kier molecular flexibility index (Phi) is 8.52. The minimum atomic E-state index is -4.15. The fourth-order valence-corrected chi connectivity index (χ4v) is 8.13. The topological polar surface area (TPSA) is 151 Å². The number of carbonyl (C=O) groups excluding carboxylic acids is 2. The van der Waals surface area contributed by atoms with Gasteiger partial charge in [-0.25, -0.2) is 18.1 Å². The molecule has 4 bridgehead atoms. The van der Waals surface area contributed by atoms with Crippen molar-refractivity contribution in [1.29, 1.82) is 0 Å². The first-order chi connectivity index (χ1) is 23.5. The van der Waals surface area contributed by atoms with Crippen molar-refractivity contribution in [3.63, 3.8) is 0 Å². The summed E-state index contributed by atoms with van der Waals surface area (Å²) in [6.07, 6.45) is 4.98. The molecule has 1 aromatic heterocycles. The summed E-state index contributed by atoms with van der Waals surface area (Å²) in [5, 5.41) is 13.8. The number of phenols is 1. The number of hydrogen-bond acceptors (Lipinski definition) is 8. The summed E-state index contributed by atoms with van der Waals surface area (Å²) < 4.78 is 35.7. The molecule has 1 fully saturated rings. The fourth-order valence-electron chi connectivity index (χ4n) is 7.14. The van der Waals surface area contributed by atoms with E-state index in [0.29, 0.717) is 37.2 Å². The van der Waals surface area contributed by atoms with E-state index in [2.05, 4.69) is 20.0 Å². The zero-order valence-corrected chi connectivity index (χ0v) is 28.4. The van der Waals surface area contributed by atoms with Crippen molar-refractivity contribution in [3.05, 3.63) is 94.0 Å². The number of amides is 2. The van der Waals surface area contributed by atoms with Crippen LogP contribution in [0.15, 0.2) is 65.6 Å². The van der Waals surface area contributed by atoms with Crippen LogP contribution in [-0.2, 0) is 22.9 Å². The number of hydrogen-bond donors (Lipinski definition) is 3. The largest absolute Gasteiger partial charge is 0.507 e. The molecule has 254 valence electrons. The van der Waals surface area contributed by atoms with Crippen LogP contribution in [0, 0.1) is 19.3 Å². The summed E-state index contributed by atoms with van der Waals surface area (Å²) in [7, 11) is -4.15. The maximum absolute atomic E-state index is 13.7. The Hall–Kier alpha value is -4.97. The van der Waals surface area contributed by atoms with Gasteiger partial charge in [0.2, 0.25) is 11.8 Å². The number of carbonyl (C=O) groups is 2. The first-order valence-corrected chi connectivity index (χ1v) is 18.1. The molecule has 0 unspecified atom stereocenters. The molecule has 11 nitrogen and oxygen atoms in total. The highest BCUT2D eigenvalue weighted by atomic mass is 32.2. The van der Waals surface area contributed by atoms with Gasteiger partial charge in [0.05, 0.1) is 22.8 Å². The van der Waals surface area contributed by atoms with Gasteiger partial charge in [0.25, 0.3) is 21.8 Å². The number of aromatic hydroxyl groups is 1. The Morgan fingerprint density at radius 3 is 2.37 bits per heavy atom. The molecule has 3 aromatic carbocycles. The van der Waals surface area contributed by atoms with Gasteiger partial charge >= 0.3 is 0 Å². The number of rotatable bonds is 2. The fraction of sp³-hybridized carbons (Fsp3) is 0.351. The summed E-state index contributed by atoms with van der Waals surface area (Å²) in [5.41, 5.74) is 5.44. The number of aryl methyl sites for hydroxylation is 4. The number of fused-ring (bicyclic) bond motifs is 5. The molecule has 1 spiro atoms. The Morgan fingerprint density at radius 2 is 1.63 bits per heavy atom. The van der Waals surface area contributed by atoms with Gasteiger partial charge in [0.15, 0.2) is 0 Å². The van der Waals surface area contributed by atoms with Crippen LogP contribution in [0.1, 0.15) is 68.7 Å². The summed E-state index contributed by atoms with van der Waals surface area (Å²) in [6, 6.07) is 17.0. The van der Waals surface area contributed by atoms with Crippen LogP contribution in [0.3, 0.4) is 0 Å². The molecule has 49 heavy (non-hydrogen) atoms. The van der Waals surface area contributed by atoms with Crippen LogP contribution < -0.4 is 14.8 Å². The molecule has 1 saturated heterocycles. The number of piperidine rings is 1. The van der Waals surface area contributed by atoms with Gasteiger partial charge in [-0.05, 0) is 105 Å². The second-order valence-corrected chi connectivity index (χ2v) is 15.1. The zero-order valence-electron chi connectivity index (χ0n) is 27.6. The number of likely N-dealkylation sites (tertiary alicyclic amines) is 1. The first-order valence-electron chi connectivity index (χ1n) is 16.6. The molecule has 0 atom stereocenters. The van der Waals surface area contributed by atoms with E-state index in [1.807, 2.05) is 38.1 Å². The Labute approximate surface area is 285 Å². The number of sulfonamides is 1. The quantitative estimate of drug-likeness (QED) is 0.262. The Bertz CT molecular complexity index is 2050. The highest BCUT2D eigenvalue weighted by molar-refractivity contribution is 7.92. The van der Waals surface area contributed by atoms with E-state index in [0.717, 1.165) is 53.5 Å². The van der Waals surface area contributed by atoms with Crippen molar-refractivity contribution in [3.8, 4) is 22.9 Å². The van der Waals surface area contributed by atoms with Crippen molar-refractivity contribution in [2.75, 3.05) is 31.0 Å². The third-order valence-electron chi connectivity index (χ3n) is 10.0. The summed E-state index contributed by atoms with van der Waals surface area (Å²) >= 11 is 0. The smallest absolute Gasteiger partial charge is 0.264 e. The number of anilines is 1. The maximum atomic E-state index is 13.7. The van der Waals surface area contributed by atoms with Crippen LogP contribution in [0.4, 0.5) is 5.95 Å². The van der Waals surface area contributed by atoms with E-state index in [4.69, 9.17) is 4.74 Å². The lowest BCUT2D eigenvalue weighted by Crippen LogP contribution is -2.50. The summed E-state index contributed by atoms with van der Waals surface area (Å²) in [4.78, 5) is 37.7. The lowest BCUT2D eigenvalue weighted by molar-refractivity contribution is 0.0393. The minimum Gasteiger partial charge on any atom is -0.507 e. The monoisotopic (exact) mass is 681 g/mol. The first kappa shape index (κ1) is 32.6. The van der Waals surface area contributed by atoms with Crippen molar-refractivity contribution in [2.45, 2.75) is 57.3 Å². The molecule has 1 aliphatic carbocycles. The molecule has 2 aliphatic heterocycles. The van der Waals surface area contributed by atoms with Crippen LogP contribution in [0.2, 0.25) is 0 Å². The number of nitrogens with zero attached hydrogens (tertiary/aromatic N) is 3. The van der Waals surface area contributed by atoms with Crippen molar-refractivity contribution in [2.24, 2.45) is 5.41 Å². The summed E-state index contributed by atoms with van der Waals surface area (Å²) in [6.45, 7) is 5.09. The van der Waals surface area contributed by atoms with Crippen LogP contribution in [0.25, 0.3) is 11.3 Å². The van der Waals surface area contributed by atoms with Crippen LogP contribution in [0.5, 0.6) is 11.6 Å². The van der Waals surface area contributed by atoms with Gasteiger partial charge in [0, 0.05) is 42.2 Å². The normalized spacial score (nSPS) is 18.3. The minimum absolute atomic E-state index is 0.0108. The van der Waals surface area contributed by atoms with Gasteiger partial charge in [-0.2, -0.15) is 4.98 Å². The molecule has 2 amide bonds. The second kappa shape index (κ2) is 12.8. The predicted molar refractivity (Wildman–Crippen MR) is 184 cm³/mol. The van der Waals surface area contributed by atoms with Gasteiger partial charge in [-0.3, -0.25) is 9.59 Å². The number of phenolic OH excluding ortho intramolecular Hbond substituents is 1. The highest BCUT2D eigenvalue weighted by Crippen LogP contribution is 2.36. The van der Waals surface area contributed by atoms with Crippen molar-refractivity contribution in [1.82, 2.24) is 20.2 Å². The van der Waals surface area contributed by atoms with Gasteiger partial charge in [-0.15, -0.1) is 0 Å². The predicted octanol–water partition coefficient (Wildman–Crippen LogP) is 5.19. The average Bonchev–Trinajstić information content (AvgIpc) is 3.09. The highest BCUT2D eigenvalue weighted by Gasteiger charge is 2.38. The number of nitrogens with one attached hydrogen (secondary N) is 2. The number of aromatic nitrogens is 2. The van der Waals surface area contributed by atoms with Gasteiger partial charge in [0.1, 0.15) is 5.75 Å². The summed E-state index contributed by atoms with van der Waals surface area (Å²) in [5.74, 6) is -0.593. The Morgan fingerprint density at radius 1 is 0.939 bits per heavy atom. The number of ether oxygens (including phenoxy) is 1. The lowest BCUT2D eigenvalue weighted by Gasteiger charge is -2.41. The molecule has 0 saturated carbocycles. The lowest BCUT2D eigenvalue weighted by atomic mass is 9.78. The maximum Gasteiger partial charge on any atom is 0.264 e. The van der Waals surface area contributed by atoms with E-state index in [1.165, 1.54) is 18.2 Å². The van der Waals surface area contributed by atoms with E-state index in [-0.39, 0.29) is 47.1 Å². The van der Waals surface area contributed by atoms with Crippen LogP contribution >= 0.6 is 0 Å².